The number of ether oxygens (including phenoxy) is 4. The molecular weight excluding hydrogens is 378 g/mol. The number of carbonyl (C=O) groups excluding carboxylic acids is 1. The molecule has 8 nitrogen and oxygen atoms in total. The van der Waals surface area contributed by atoms with Gasteiger partial charge in [0.15, 0.2) is 17.1 Å². The Bertz CT molecular complexity index is 760. The number of amides is 1. The molecule has 1 aromatic carbocycles. The Balaban J connectivity index is 1.54. The van der Waals surface area contributed by atoms with Gasteiger partial charge in [0.1, 0.15) is 0 Å². The van der Waals surface area contributed by atoms with Crippen LogP contribution in [0.15, 0.2) is 23.4 Å². The molecule has 1 spiro atoms. The van der Waals surface area contributed by atoms with E-state index in [1.165, 1.54) is 17.0 Å². The number of oxime groups is 1. The maximum atomic E-state index is 12.7. The number of hydrogen-bond donors (Lipinski definition) is 0. The molecule has 0 radical (unpaired) electrons. The lowest BCUT2D eigenvalue weighted by Crippen LogP contribution is -2.42. The Morgan fingerprint density at radius 3 is 2.71 bits per heavy atom. The number of morpholine rings is 1. The minimum Gasteiger partial charge on any atom is -0.431 e. The van der Waals surface area contributed by atoms with Crippen LogP contribution >= 0.6 is 0 Å². The van der Waals surface area contributed by atoms with Gasteiger partial charge in [-0.25, -0.2) is 4.79 Å². The zero-order chi connectivity index (χ0) is 19.6. The molecule has 0 N–H and O–H groups in total. The van der Waals surface area contributed by atoms with Crippen molar-refractivity contribution in [2.45, 2.75) is 25.1 Å². The molecule has 28 heavy (non-hydrogen) atoms. The molecule has 4 rings (SSSR count). The molecule has 0 aromatic heterocycles. The summed E-state index contributed by atoms with van der Waals surface area (Å²) in [6.07, 6.45) is 0.606. The van der Waals surface area contributed by atoms with E-state index in [-0.39, 0.29) is 11.5 Å². The average Bonchev–Trinajstić information content (AvgIpc) is 3.33. The molecule has 2 fully saturated rings. The molecular formula is C18H20F2N2O6. The van der Waals surface area contributed by atoms with Gasteiger partial charge in [-0.1, -0.05) is 5.16 Å². The topological polar surface area (TPSA) is 78.8 Å². The molecule has 1 aromatic rings. The van der Waals surface area contributed by atoms with Crippen LogP contribution in [0.5, 0.6) is 11.5 Å². The second kappa shape index (κ2) is 7.88. The lowest BCUT2D eigenvalue weighted by Gasteiger charge is -2.26. The Morgan fingerprint density at radius 1 is 1.18 bits per heavy atom. The summed E-state index contributed by atoms with van der Waals surface area (Å²) >= 11 is 0. The third-order valence-electron chi connectivity index (χ3n) is 4.87. The molecule has 3 aliphatic rings. The van der Waals surface area contributed by atoms with Gasteiger partial charge in [-0.3, -0.25) is 0 Å². The van der Waals surface area contributed by atoms with Crippen LogP contribution in [0.3, 0.4) is 0 Å². The molecule has 0 aliphatic carbocycles. The quantitative estimate of drug-likeness (QED) is 0.775. The van der Waals surface area contributed by atoms with Gasteiger partial charge in [-0.15, -0.1) is 0 Å². The molecule has 0 bridgehead atoms. The van der Waals surface area contributed by atoms with Crippen LogP contribution in [0.2, 0.25) is 0 Å². The number of benzene rings is 1. The van der Waals surface area contributed by atoms with E-state index in [4.69, 9.17) is 19.0 Å². The van der Waals surface area contributed by atoms with Gasteiger partial charge in [-0.2, -0.15) is 8.78 Å². The second-order valence-electron chi connectivity index (χ2n) is 6.80. The monoisotopic (exact) mass is 398 g/mol. The van der Waals surface area contributed by atoms with Crippen molar-refractivity contribution in [1.82, 2.24) is 4.90 Å². The van der Waals surface area contributed by atoms with Crippen molar-refractivity contribution < 1.29 is 37.4 Å². The van der Waals surface area contributed by atoms with Gasteiger partial charge in [0.2, 0.25) is 0 Å². The van der Waals surface area contributed by atoms with E-state index in [0.29, 0.717) is 57.2 Å². The van der Waals surface area contributed by atoms with E-state index in [0.717, 1.165) is 6.42 Å². The Morgan fingerprint density at radius 2 is 2.00 bits per heavy atom. The number of rotatable bonds is 4. The third kappa shape index (κ3) is 4.02. The summed E-state index contributed by atoms with van der Waals surface area (Å²) in [6.45, 7) is -0.462. The minimum absolute atomic E-state index is 0.0967. The summed E-state index contributed by atoms with van der Waals surface area (Å²) in [5.74, 6) is -0.320. The fraction of sp³-hybridized carbons (Fsp3) is 0.556. The van der Waals surface area contributed by atoms with Crippen molar-refractivity contribution in [3.05, 3.63) is 23.8 Å². The summed E-state index contributed by atoms with van der Waals surface area (Å²) in [5.41, 5.74) is 0.769. The van der Waals surface area contributed by atoms with E-state index in [9.17, 15) is 13.6 Å². The molecule has 0 saturated carbocycles. The predicted molar refractivity (Wildman–Crippen MR) is 91.9 cm³/mol. The van der Waals surface area contributed by atoms with Crippen LogP contribution in [-0.2, 0) is 14.3 Å². The molecule has 1 amide bonds. The fourth-order valence-electron chi connectivity index (χ4n) is 3.34. The predicted octanol–water partition coefficient (Wildman–Crippen LogP) is 2.40. The first-order valence-electron chi connectivity index (χ1n) is 9.01. The SMILES string of the molecule is O=C(Oc1cc(C2=NOC3(CCOC3)C2)ccc1OC(F)F)N1CCOCC1. The van der Waals surface area contributed by atoms with Crippen LogP contribution < -0.4 is 9.47 Å². The normalized spacial score (nSPS) is 24.4. The first-order valence-corrected chi connectivity index (χ1v) is 9.01. The summed E-state index contributed by atoms with van der Waals surface area (Å²) < 4.78 is 45.9. The van der Waals surface area contributed by atoms with Gasteiger partial charge < -0.3 is 28.7 Å². The highest BCUT2D eigenvalue weighted by atomic mass is 19.3. The summed E-state index contributed by atoms with van der Waals surface area (Å²) in [5, 5.41) is 4.12. The Hall–Kier alpha value is -2.46. The summed E-state index contributed by atoms with van der Waals surface area (Å²) in [4.78, 5) is 19.4. The smallest absolute Gasteiger partial charge is 0.415 e. The van der Waals surface area contributed by atoms with Crippen LogP contribution in [0.25, 0.3) is 0 Å². The van der Waals surface area contributed by atoms with Gasteiger partial charge in [0.05, 0.1) is 32.1 Å². The number of nitrogens with zero attached hydrogens (tertiary/aromatic N) is 2. The number of halogens is 2. The van der Waals surface area contributed by atoms with Crippen LogP contribution in [0.4, 0.5) is 13.6 Å². The number of hydrogen-bond acceptors (Lipinski definition) is 7. The van der Waals surface area contributed by atoms with Gasteiger partial charge in [0, 0.05) is 31.5 Å². The molecule has 152 valence electrons. The number of alkyl halides is 2. The Labute approximate surface area is 159 Å². The standard InChI is InChI=1S/C18H20F2N2O6/c19-16(20)26-14-2-1-12(13-10-18(28-21-13)3-6-25-11-18)9-15(14)27-17(23)22-4-7-24-8-5-22/h1-2,9,16H,3-8,10-11H2. The maximum absolute atomic E-state index is 12.7. The van der Waals surface area contributed by atoms with Gasteiger partial charge in [0.25, 0.3) is 0 Å². The van der Waals surface area contributed by atoms with E-state index in [2.05, 4.69) is 9.89 Å². The van der Waals surface area contributed by atoms with Crippen molar-refractivity contribution in [3.8, 4) is 11.5 Å². The lowest BCUT2D eigenvalue weighted by atomic mass is 9.93. The van der Waals surface area contributed by atoms with Crippen molar-refractivity contribution in [2.75, 3.05) is 39.5 Å². The molecule has 3 heterocycles. The maximum Gasteiger partial charge on any atom is 0.415 e. The first kappa shape index (κ1) is 18.9. The zero-order valence-electron chi connectivity index (χ0n) is 15.1. The van der Waals surface area contributed by atoms with E-state index >= 15 is 0 Å². The highest BCUT2D eigenvalue weighted by Crippen LogP contribution is 2.36. The average molecular weight is 398 g/mol. The zero-order valence-corrected chi connectivity index (χ0v) is 15.1. The molecule has 1 atom stereocenters. The third-order valence-corrected chi connectivity index (χ3v) is 4.87. The lowest BCUT2D eigenvalue weighted by molar-refractivity contribution is -0.0513. The first-order chi connectivity index (χ1) is 13.5. The number of carbonyl (C=O) groups is 1. The van der Waals surface area contributed by atoms with Crippen molar-refractivity contribution in [3.63, 3.8) is 0 Å². The fourth-order valence-corrected chi connectivity index (χ4v) is 3.34. The van der Waals surface area contributed by atoms with Crippen molar-refractivity contribution in [2.24, 2.45) is 5.16 Å². The van der Waals surface area contributed by atoms with E-state index < -0.39 is 18.3 Å². The molecule has 3 aliphatic heterocycles. The van der Waals surface area contributed by atoms with Crippen LogP contribution in [-0.4, -0.2) is 68.4 Å². The minimum atomic E-state index is -3.04. The van der Waals surface area contributed by atoms with Gasteiger partial charge >= 0.3 is 12.7 Å². The van der Waals surface area contributed by atoms with Crippen LogP contribution in [0, 0.1) is 0 Å². The van der Waals surface area contributed by atoms with Crippen LogP contribution in [0.1, 0.15) is 18.4 Å². The van der Waals surface area contributed by atoms with E-state index in [1.54, 1.807) is 6.07 Å². The molecule has 10 heteroatoms. The highest BCUT2D eigenvalue weighted by Gasteiger charge is 2.43. The van der Waals surface area contributed by atoms with Gasteiger partial charge in [-0.05, 0) is 18.2 Å². The van der Waals surface area contributed by atoms with E-state index in [1.807, 2.05) is 0 Å². The summed E-state index contributed by atoms with van der Waals surface area (Å²) in [6, 6.07) is 4.38. The van der Waals surface area contributed by atoms with Crippen molar-refractivity contribution >= 4 is 11.8 Å². The molecule has 1 unspecified atom stereocenters. The summed E-state index contributed by atoms with van der Waals surface area (Å²) in [7, 11) is 0. The van der Waals surface area contributed by atoms with Crippen molar-refractivity contribution in [1.29, 1.82) is 0 Å². The Kier molecular flexibility index (Phi) is 5.31. The largest absolute Gasteiger partial charge is 0.431 e. The highest BCUT2D eigenvalue weighted by molar-refractivity contribution is 6.02. The molecule has 2 saturated heterocycles. The second-order valence-corrected chi connectivity index (χ2v) is 6.80.